The normalized spacial score (nSPS) is 13.6. The van der Waals surface area contributed by atoms with Gasteiger partial charge in [0.2, 0.25) is 10.0 Å². The van der Waals surface area contributed by atoms with Gasteiger partial charge in [0.1, 0.15) is 0 Å². The molecule has 0 saturated heterocycles. The van der Waals surface area contributed by atoms with Crippen LogP contribution in [-0.4, -0.2) is 24.7 Å². The average Bonchev–Trinajstić information content (AvgIpc) is 2.22. The summed E-state index contributed by atoms with van der Waals surface area (Å²) in [5.74, 6) is 0.0981. The summed E-state index contributed by atoms with van der Waals surface area (Å²) >= 11 is 5.00. The second-order valence-electron chi connectivity index (χ2n) is 5.89. The number of nitrogens with one attached hydrogen (secondary N) is 1. The quantitative estimate of drug-likeness (QED) is 0.706. The fourth-order valence-corrected chi connectivity index (χ4v) is 3.96. The summed E-state index contributed by atoms with van der Waals surface area (Å²) in [4.78, 5) is 0.215. The van der Waals surface area contributed by atoms with Crippen LogP contribution in [0.4, 0.5) is 0 Å². The average molecular weight is 294 g/mol. The van der Waals surface area contributed by atoms with E-state index in [2.05, 4.69) is 4.72 Å². The zero-order chi connectivity index (χ0) is 14.6. The molecule has 0 bridgehead atoms. The summed E-state index contributed by atoms with van der Waals surface area (Å²) in [7, 11) is -3.36. The smallest absolute Gasteiger partial charge is 0.212 e. The highest BCUT2D eigenvalue weighted by molar-refractivity contribution is 7.89. The van der Waals surface area contributed by atoms with Crippen LogP contribution < -0.4 is 10.5 Å². The Labute approximate surface area is 117 Å². The van der Waals surface area contributed by atoms with Gasteiger partial charge in [-0.25, -0.2) is 13.1 Å². The number of hydrogen-bond acceptors (Lipinski definition) is 3. The molecule has 4 nitrogen and oxygen atoms in total. The van der Waals surface area contributed by atoms with Crippen molar-refractivity contribution >= 4 is 27.2 Å². The van der Waals surface area contributed by atoms with E-state index in [0.29, 0.717) is 19.3 Å². The number of sulfonamides is 1. The molecule has 0 spiro atoms. The van der Waals surface area contributed by atoms with Crippen molar-refractivity contribution in [2.24, 2.45) is 11.1 Å². The molecule has 0 heterocycles. The molecule has 0 aliphatic carbocycles. The molecule has 108 valence electrons. The lowest BCUT2D eigenvalue weighted by Gasteiger charge is -2.31. The van der Waals surface area contributed by atoms with Gasteiger partial charge in [-0.15, -0.1) is 0 Å². The Hall–Kier alpha value is -0.200. The highest BCUT2D eigenvalue weighted by Crippen LogP contribution is 2.21. The van der Waals surface area contributed by atoms with Crippen LogP contribution in [0.15, 0.2) is 0 Å². The molecule has 0 aliphatic rings. The van der Waals surface area contributed by atoms with Gasteiger partial charge in [-0.05, 0) is 24.7 Å². The van der Waals surface area contributed by atoms with Gasteiger partial charge in [-0.2, -0.15) is 0 Å². The van der Waals surface area contributed by atoms with Crippen molar-refractivity contribution in [3.05, 3.63) is 0 Å². The summed E-state index contributed by atoms with van der Waals surface area (Å²) in [6.45, 7) is 9.82. The molecule has 6 heteroatoms. The minimum absolute atomic E-state index is 0.0148. The van der Waals surface area contributed by atoms with Gasteiger partial charge in [0.25, 0.3) is 0 Å². The number of nitrogens with two attached hydrogens (primary N) is 1. The van der Waals surface area contributed by atoms with Gasteiger partial charge in [0.15, 0.2) is 0 Å². The van der Waals surface area contributed by atoms with Crippen LogP contribution >= 0.6 is 12.2 Å². The van der Waals surface area contributed by atoms with Crippen molar-refractivity contribution in [2.45, 2.75) is 59.4 Å². The first-order valence-corrected chi connectivity index (χ1v) is 8.35. The molecule has 0 unspecified atom stereocenters. The van der Waals surface area contributed by atoms with Crippen LogP contribution in [-0.2, 0) is 10.0 Å². The molecule has 0 aromatic carbocycles. The summed E-state index contributed by atoms with van der Waals surface area (Å²) in [5.41, 5.74) is 4.89. The summed E-state index contributed by atoms with van der Waals surface area (Å²) < 4.78 is 26.9. The molecular weight excluding hydrogens is 268 g/mol. The Balaban J connectivity index is 4.89. The second-order valence-corrected chi connectivity index (χ2v) is 8.17. The van der Waals surface area contributed by atoms with E-state index in [-0.39, 0.29) is 16.2 Å². The third-order valence-electron chi connectivity index (χ3n) is 3.15. The predicted octanol–water partition coefficient (Wildman–Crippen LogP) is 2.19. The minimum atomic E-state index is -3.36. The van der Waals surface area contributed by atoms with Crippen molar-refractivity contribution in [3.8, 4) is 0 Å². The standard InChI is InChI=1S/C12H26N2O2S2/c1-6-12(7-2,10(13)17)14-18(15,16)9-8-11(3,4)5/h14H,6-9H2,1-5H3,(H2,13,17). The Morgan fingerprint density at radius 3 is 1.94 bits per heavy atom. The van der Waals surface area contributed by atoms with Crippen molar-refractivity contribution in [1.29, 1.82) is 0 Å². The molecule has 0 aromatic rings. The minimum Gasteiger partial charge on any atom is -0.392 e. The van der Waals surface area contributed by atoms with Gasteiger partial charge < -0.3 is 5.73 Å². The van der Waals surface area contributed by atoms with E-state index in [1.54, 1.807) is 0 Å². The zero-order valence-corrected chi connectivity index (χ0v) is 13.7. The molecule has 0 saturated carbocycles. The van der Waals surface area contributed by atoms with E-state index in [1.807, 2.05) is 34.6 Å². The second kappa shape index (κ2) is 6.30. The van der Waals surface area contributed by atoms with E-state index >= 15 is 0 Å². The lowest BCUT2D eigenvalue weighted by atomic mass is 9.94. The Morgan fingerprint density at radius 2 is 1.67 bits per heavy atom. The van der Waals surface area contributed by atoms with E-state index in [0.717, 1.165) is 0 Å². The molecule has 0 atom stereocenters. The third kappa shape index (κ3) is 5.63. The monoisotopic (exact) mass is 294 g/mol. The van der Waals surface area contributed by atoms with Crippen molar-refractivity contribution in [1.82, 2.24) is 4.72 Å². The fourth-order valence-electron chi connectivity index (χ4n) is 1.58. The summed E-state index contributed by atoms with van der Waals surface area (Å²) in [5, 5.41) is 0. The number of thiocarbonyl (C=S) groups is 1. The molecular formula is C12H26N2O2S2. The fraction of sp³-hybridized carbons (Fsp3) is 0.917. The van der Waals surface area contributed by atoms with Crippen LogP contribution in [0.25, 0.3) is 0 Å². The maximum Gasteiger partial charge on any atom is 0.212 e. The molecule has 0 fully saturated rings. The first kappa shape index (κ1) is 17.8. The lowest BCUT2D eigenvalue weighted by molar-refractivity contribution is 0.393. The van der Waals surface area contributed by atoms with E-state index in [9.17, 15) is 8.42 Å². The van der Waals surface area contributed by atoms with Crippen molar-refractivity contribution in [3.63, 3.8) is 0 Å². The number of rotatable bonds is 7. The van der Waals surface area contributed by atoms with Gasteiger partial charge in [-0.3, -0.25) is 0 Å². The van der Waals surface area contributed by atoms with Crippen LogP contribution in [0, 0.1) is 5.41 Å². The molecule has 0 aliphatic heterocycles. The van der Waals surface area contributed by atoms with Crippen LogP contribution in [0.3, 0.4) is 0 Å². The van der Waals surface area contributed by atoms with Gasteiger partial charge in [0.05, 0.1) is 16.3 Å². The molecule has 0 radical (unpaired) electrons. The lowest BCUT2D eigenvalue weighted by Crippen LogP contribution is -2.56. The molecule has 3 N–H and O–H groups in total. The first-order valence-electron chi connectivity index (χ1n) is 6.29. The molecule has 0 aromatic heterocycles. The van der Waals surface area contributed by atoms with Crippen molar-refractivity contribution in [2.75, 3.05) is 5.75 Å². The molecule has 0 amide bonds. The highest BCUT2D eigenvalue weighted by atomic mass is 32.2. The predicted molar refractivity (Wildman–Crippen MR) is 81.1 cm³/mol. The van der Waals surface area contributed by atoms with Crippen LogP contribution in [0.5, 0.6) is 0 Å². The maximum absolute atomic E-state index is 12.1. The van der Waals surface area contributed by atoms with E-state index in [4.69, 9.17) is 18.0 Å². The zero-order valence-electron chi connectivity index (χ0n) is 12.0. The van der Waals surface area contributed by atoms with E-state index < -0.39 is 15.6 Å². The molecule has 18 heavy (non-hydrogen) atoms. The summed E-state index contributed by atoms with van der Waals surface area (Å²) in [6.07, 6.45) is 1.73. The SMILES string of the molecule is CCC(CC)(NS(=O)(=O)CCC(C)(C)C)C(N)=S. The highest BCUT2D eigenvalue weighted by Gasteiger charge is 2.34. The summed E-state index contributed by atoms with van der Waals surface area (Å²) in [6, 6.07) is 0. The maximum atomic E-state index is 12.1. The van der Waals surface area contributed by atoms with Gasteiger partial charge in [-0.1, -0.05) is 46.8 Å². The largest absolute Gasteiger partial charge is 0.392 e. The van der Waals surface area contributed by atoms with Crippen molar-refractivity contribution < 1.29 is 8.42 Å². The number of hydrogen-bond donors (Lipinski definition) is 2. The van der Waals surface area contributed by atoms with Crippen LogP contribution in [0.2, 0.25) is 0 Å². The van der Waals surface area contributed by atoms with Gasteiger partial charge in [0, 0.05) is 0 Å². The van der Waals surface area contributed by atoms with Gasteiger partial charge >= 0.3 is 0 Å². The Bertz CT molecular complexity index is 379. The topological polar surface area (TPSA) is 72.2 Å². The third-order valence-corrected chi connectivity index (χ3v) is 4.98. The van der Waals surface area contributed by atoms with Crippen LogP contribution in [0.1, 0.15) is 53.9 Å². The Morgan fingerprint density at radius 1 is 1.22 bits per heavy atom. The first-order chi connectivity index (χ1) is 7.98. The van der Waals surface area contributed by atoms with E-state index in [1.165, 1.54) is 0 Å². The Kier molecular flexibility index (Phi) is 6.23. The molecule has 0 rings (SSSR count).